The second kappa shape index (κ2) is 9.75. The zero-order chi connectivity index (χ0) is 18.2. The first kappa shape index (κ1) is 21.7. The quantitative estimate of drug-likeness (QED) is 0.605. The molecule has 6 nitrogen and oxygen atoms in total. The van der Waals surface area contributed by atoms with Crippen molar-refractivity contribution in [3.8, 4) is 0 Å². The zero-order valence-electron chi connectivity index (χ0n) is 15.6. The molecule has 0 heterocycles. The third kappa shape index (κ3) is 8.79. The van der Waals surface area contributed by atoms with E-state index in [1.807, 2.05) is 48.5 Å². The Morgan fingerprint density at radius 2 is 1.61 bits per heavy atom. The summed E-state index contributed by atoms with van der Waals surface area (Å²) in [6.07, 6.45) is 1.18. The fraction of sp³-hybridized carbons (Fsp3) is 0.882. The molecule has 0 aromatic heterocycles. The second-order valence-corrected chi connectivity index (χ2v) is 7.25. The lowest BCUT2D eigenvalue weighted by Crippen LogP contribution is -2.52. The molecule has 6 heteroatoms. The molecule has 136 valence electrons. The Hall–Kier alpha value is -1.30. The van der Waals surface area contributed by atoms with Crippen molar-refractivity contribution >= 4 is 12.1 Å². The van der Waals surface area contributed by atoms with E-state index in [4.69, 9.17) is 4.74 Å². The summed E-state index contributed by atoms with van der Waals surface area (Å²) in [5.41, 5.74) is -0.558. The number of amides is 1. The number of alkyl carbamates (subject to hydrolysis) is 1. The summed E-state index contributed by atoms with van der Waals surface area (Å²) >= 11 is 0. The SMILES string of the molecule is CCC(C)[C@H](NC[C@@H](NC(=O)OC(C)(C)C)C(C)CC)C(=O)O. The molecule has 0 saturated carbocycles. The van der Waals surface area contributed by atoms with Crippen molar-refractivity contribution in [3.05, 3.63) is 0 Å². The highest BCUT2D eigenvalue weighted by atomic mass is 16.6. The minimum atomic E-state index is -0.862. The van der Waals surface area contributed by atoms with Crippen LogP contribution in [0.25, 0.3) is 0 Å². The number of carbonyl (C=O) groups is 2. The molecule has 0 aliphatic carbocycles. The lowest BCUT2D eigenvalue weighted by molar-refractivity contribution is -0.140. The molecule has 0 fully saturated rings. The van der Waals surface area contributed by atoms with Gasteiger partial charge in [-0.1, -0.05) is 40.5 Å². The topological polar surface area (TPSA) is 87.7 Å². The minimum Gasteiger partial charge on any atom is -0.480 e. The summed E-state index contributed by atoms with van der Waals surface area (Å²) in [6, 6.07) is -0.798. The number of carboxylic acids is 1. The summed E-state index contributed by atoms with van der Waals surface area (Å²) in [5.74, 6) is -0.632. The minimum absolute atomic E-state index is 0.0200. The van der Waals surface area contributed by atoms with Crippen LogP contribution >= 0.6 is 0 Å². The number of ether oxygens (including phenoxy) is 1. The van der Waals surface area contributed by atoms with E-state index in [9.17, 15) is 14.7 Å². The Morgan fingerprint density at radius 3 is 2.00 bits per heavy atom. The fourth-order valence-corrected chi connectivity index (χ4v) is 2.16. The van der Waals surface area contributed by atoms with Gasteiger partial charge in [0.25, 0.3) is 0 Å². The van der Waals surface area contributed by atoms with E-state index < -0.39 is 23.7 Å². The summed E-state index contributed by atoms with van der Waals surface area (Å²) < 4.78 is 5.29. The van der Waals surface area contributed by atoms with Crippen LogP contribution in [0.1, 0.15) is 61.3 Å². The molecule has 1 amide bonds. The average molecular weight is 330 g/mol. The van der Waals surface area contributed by atoms with Crippen LogP contribution in [0.2, 0.25) is 0 Å². The Labute approximate surface area is 140 Å². The summed E-state index contributed by atoms with van der Waals surface area (Å²) in [6.45, 7) is 13.8. The number of hydrogen-bond donors (Lipinski definition) is 3. The van der Waals surface area contributed by atoms with Gasteiger partial charge in [0.2, 0.25) is 0 Å². The van der Waals surface area contributed by atoms with E-state index in [0.29, 0.717) is 6.54 Å². The van der Waals surface area contributed by atoms with E-state index in [1.54, 1.807) is 0 Å². The number of nitrogens with one attached hydrogen (secondary N) is 2. The molecule has 23 heavy (non-hydrogen) atoms. The van der Waals surface area contributed by atoms with Crippen LogP contribution in [0, 0.1) is 11.8 Å². The van der Waals surface area contributed by atoms with Crippen LogP contribution in [-0.2, 0) is 9.53 Å². The van der Waals surface area contributed by atoms with Gasteiger partial charge in [-0.25, -0.2) is 4.79 Å². The Bertz CT molecular complexity index is 379. The van der Waals surface area contributed by atoms with Crippen molar-refractivity contribution in [2.24, 2.45) is 11.8 Å². The highest BCUT2D eigenvalue weighted by Gasteiger charge is 2.27. The zero-order valence-corrected chi connectivity index (χ0v) is 15.6. The first-order valence-electron chi connectivity index (χ1n) is 8.47. The summed E-state index contributed by atoms with van der Waals surface area (Å²) in [4.78, 5) is 23.4. The van der Waals surface area contributed by atoms with Crippen molar-refractivity contribution < 1.29 is 19.4 Å². The van der Waals surface area contributed by atoms with Gasteiger partial charge >= 0.3 is 12.1 Å². The van der Waals surface area contributed by atoms with Gasteiger partial charge in [0.1, 0.15) is 11.6 Å². The lowest BCUT2D eigenvalue weighted by Gasteiger charge is -2.29. The molecule has 0 rings (SSSR count). The molecule has 2 unspecified atom stereocenters. The Balaban J connectivity index is 4.79. The van der Waals surface area contributed by atoms with Crippen LogP contribution in [0.15, 0.2) is 0 Å². The molecule has 0 aromatic carbocycles. The van der Waals surface area contributed by atoms with Crippen molar-refractivity contribution in [2.75, 3.05) is 6.54 Å². The molecule has 0 aromatic rings. The molecule has 0 saturated heterocycles. The molecule has 0 aliphatic heterocycles. The predicted molar refractivity (Wildman–Crippen MR) is 91.5 cm³/mol. The van der Waals surface area contributed by atoms with Crippen LogP contribution in [0.4, 0.5) is 4.79 Å². The maximum atomic E-state index is 12.0. The van der Waals surface area contributed by atoms with Gasteiger partial charge in [-0.05, 0) is 32.6 Å². The highest BCUT2D eigenvalue weighted by molar-refractivity contribution is 5.73. The second-order valence-electron chi connectivity index (χ2n) is 7.25. The van der Waals surface area contributed by atoms with Gasteiger partial charge in [0.15, 0.2) is 0 Å². The predicted octanol–water partition coefficient (Wildman–Crippen LogP) is 3.01. The van der Waals surface area contributed by atoms with E-state index in [0.717, 1.165) is 12.8 Å². The standard InChI is InChI=1S/C17H34N2O4/c1-8-11(3)13(19-16(22)23-17(5,6)7)10-18-14(15(20)21)12(4)9-2/h11-14,18H,8-10H2,1-7H3,(H,19,22)(H,20,21)/t11?,12?,13-,14+/m1/s1. The fourth-order valence-electron chi connectivity index (χ4n) is 2.16. The third-order valence-electron chi connectivity index (χ3n) is 4.07. The van der Waals surface area contributed by atoms with Crippen LogP contribution in [0.3, 0.4) is 0 Å². The van der Waals surface area contributed by atoms with Crippen molar-refractivity contribution in [1.29, 1.82) is 0 Å². The van der Waals surface area contributed by atoms with Crippen LogP contribution in [-0.4, -0.2) is 41.4 Å². The first-order chi connectivity index (χ1) is 10.5. The molecular weight excluding hydrogens is 296 g/mol. The summed E-state index contributed by atoms with van der Waals surface area (Å²) in [7, 11) is 0. The van der Waals surface area contributed by atoms with Gasteiger partial charge < -0.3 is 20.5 Å². The maximum Gasteiger partial charge on any atom is 0.407 e. The number of carbonyl (C=O) groups excluding carboxylic acids is 1. The van der Waals surface area contributed by atoms with Gasteiger partial charge in [-0.3, -0.25) is 4.79 Å². The van der Waals surface area contributed by atoms with E-state index in [2.05, 4.69) is 10.6 Å². The number of hydrogen-bond acceptors (Lipinski definition) is 4. The Kier molecular flexibility index (Phi) is 9.20. The number of carboxylic acid groups (broad SMARTS) is 1. The normalized spacial score (nSPS) is 17.0. The molecular formula is C17H34N2O4. The molecule has 0 spiro atoms. The van der Waals surface area contributed by atoms with Crippen LogP contribution in [0.5, 0.6) is 0 Å². The van der Waals surface area contributed by atoms with Crippen molar-refractivity contribution in [2.45, 2.75) is 79.0 Å². The number of aliphatic carboxylic acids is 1. The van der Waals surface area contributed by atoms with Crippen molar-refractivity contribution in [3.63, 3.8) is 0 Å². The maximum absolute atomic E-state index is 12.0. The molecule has 0 radical (unpaired) electrons. The molecule has 0 bridgehead atoms. The molecule has 3 N–H and O–H groups in total. The molecule has 4 atom stereocenters. The molecule has 0 aliphatic rings. The van der Waals surface area contributed by atoms with Gasteiger partial charge in [-0.2, -0.15) is 0 Å². The van der Waals surface area contributed by atoms with Gasteiger partial charge in [0.05, 0.1) is 0 Å². The number of rotatable bonds is 9. The van der Waals surface area contributed by atoms with E-state index >= 15 is 0 Å². The largest absolute Gasteiger partial charge is 0.480 e. The van der Waals surface area contributed by atoms with Gasteiger partial charge in [0, 0.05) is 12.6 Å². The summed E-state index contributed by atoms with van der Waals surface area (Å²) in [5, 5.41) is 15.3. The van der Waals surface area contributed by atoms with Crippen LogP contribution < -0.4 is 10.6 Å². The van der Waals surface area contributed by atoms with E-state index in [1.165, 1.54) is 0 Å². The average Bonchev–Trinajstić information content (AvgIpc) is 2.42. The van der Waals surface area contributed by atoms with Crippen molar-refractivity contribution in [1.82, 2.24) is 10.6 Å². The highest BCUT2D eigenvalue weighted by Crippen LogP contribution is 2.12. The monoisotopic (exact) mass is 330 g/mol. The Morgan fingerprint density at radius 1 is 1.09 bits per heavy atom. The first-order valence-corrected chi connectivity index (χ1v) is 8.47. The van der Waals surface area contributed by atoms with E-state index in [-0.39, 0.29) is 17.9 Å². The van der Waals surface area contributed by atoms with Gasteiger partial charge in [-0.15, -0.1) is 0 Å². The smallest absolute Gasteiger partial charge is 0.407 e. The lowest BCUT2D eigenvalue weighted by atomic mass is 9.96. The third-order valence-corrected chi connectivity index (χ3v) is 4.07.